The summed E-state index contributed by atoms with van der Waals surface area (Å²) in [7, 11) is 0. The van der Waals surface area contributed by atoms with Crippen molar-refractivity contribution in [3.63, 3.8) is 0 Å². The number of nitrogens with zero attached hydrogens (tertiary/aromatic N) is 3. The molecule has 2 aliphatic rings. The molecule has 3 heterocycles. The molecule has 2 atom stereocenters. The van der Waals surface area contributed by atoms with Crippen molar-refractivity contribution < 1.29 is 18.0 Å². The van der Waals surface area contributed by atoms with Crippen LogP contribution in [0.25, 0.3) is 0 Å². The summed E-state index contributed by atoms with van der Waals surface area (Å²) in [6.45, 7) is 5.31. The molecule has 8 heteroatoms. The number of nitrogens with one attached hydrogen (secondary N) is 1. The zero-order valence-corrected chi connectivity index (χ0v) is 16.5. The molecule has 5 nitrogen and oxygen atoms in total. The van der Waals surface area contributed by atoms with Gasteiger partial charge in [-0.3, -0.25) is 4.79 Å². The van der Waals surface area contributed by atoms with Gasteiger partial charge in [0, 0.05) is 25.6 Å². The van der Waals surface area contributed by atoms with E-state index in [1.54, 1.807) is 4.90 Å². The molecule has 1 amide bonds. The van der Waals surface area contributed by atoms with E-state index in [9.17, 15) is 18.0 Å². The van der Waals surface area contributed by atoms with Crippen molar-refractivity contribution >= 4 is 11.7 Å². The monoisotopic (exact) mass is 406 g/mol. The Balaban J connectivity index is 1.63. The topological polar surface area (TPSA) is 50.2 Å². The maximum absolute atomic E-state index is 13.8. The first-order chi connectivity index (χ1) is 13.7. The van der Waals surface area contributed by atoms with Gasteiger partial charge in [-0.15, -0.1) is 0 Å². The highest BCUT2D eigenvalue weighted by molar-refractivity contribution is 5.93. The smallest absolute Gasteiger partial charge is 0.363 e. The Bertz CT molecular complexity index is 882. The summed E-state index contributed by atoms with van der Waals surface area (Å²) >= 11 is 0. The molecule has 0 bridgehead atoms. The van der Waals surface area contributed by atoms with Gasteiger partial charge in [0.05, 0.1) is 6.04 Å². The van der Waals surface area contributed by atoms with Crippen LogP contribution in [0.2, 0.25) is 0 Å². The number of alkyl halides is 3. The number of carbonyl (C=O) groups excluding carboxylic acids is 1. The Morgan fingerprint density at radius 1 is 1.17 bits per heavy atom. The van der Waals surface area contributed by atoms with Crippen molar-refractivity contribution in [2.75, 3.05) is 18.4 Å². The summed E-state index contributed by atoms with van der Waals surface area (Å²) in [4.78, 5) is 14.5. The van der Waals surface area contributed by atoms with Crippen LogP contribution < -0.4 is 5.32 Å². The molecule has 156 valence electrons. The molecular formula is C21H25F3N4O. The molecule has 0 saturated carbocycles. The molecule has 1 fully saturated rings. The third-order valence-corrected chi connectivity index (χ3v) is 5.96. The van der Waals surface area contributed by atoms with Crippen LogP contribution in [0.15, 0.2) is 30.3 Å². The van der Waals surface area contributed by atoms with Crippen LogP contribution in [0, 0.1) is 12.8 Å². The third-order valence-electron chi connectivity index (χ3n) is 5.96. The van der Waals surface area contributed by atoms with E-state index in [0.717, 1.165) is 28.7 Å². The molecule has 29 heavy (non-hydrogen) atoms. The first kappa shape index (κ1) is 19.8. The quantitative estimate of drug-likeness (QED) is 0.785. The molecule has 2 aromatic rings. The van der Waals surface area contributed by atoms with E-state index in [-0.39, 0.29) is 23.8 Å². The number of halogens is 3. The van der Waals surface area contributed by atoms with Crippen LogP contribution in [0.4, 0.5) is 19.0 Å². The summed E-state index contributed by atoms with van der Waals surface area (Å²) in [5, 5.41) is 7.23. The van der Waals surface area contributed by atoms with Crippen LogP contribution in [0.3, 0.4) is 0 Å². The maximum atomic E-state index is 13.8. The number of carbonyl (C=O) groups is 1. The summed E-state index contributed by atoms with van der Waals surface area (Å²) in [6.07, 6.45) is -2.82. The lowest BCUT2D eigenvalue weighted by molar-refractivity contribution is -0.173. The van der Waals surface area contributed by atoms with Crippen LogP contribution in [-0.4, -0.2) is 39.9 Å². The number of benzene rings is 1. The normalized spacial score (nSPS) is 22.9. The lowest BCUT2D eigenvalue weighted by atomic mass is 9.96. The average molecular weight is 406 g/mol. The van der Waals surface area contributed by atoms with Gasteiger partial charge >= 0.3 is 6.18 Å². The largest absolute Gasteiger partial charge is 0.410 e. The molecule has 1 aromatic heterocycles. The van der Waals surface area contributed by atoms with Crippen LogP contribution in [-0.2, 0) is 0 Å². The van der Waals surface area contributed by atoms with Crippen molar-refractivity contribution in [3.8, 4) is 0 Å². The van der Waals surface area contributed by atoms with Crippen LogP contribution in [0.5, 0.6) is 0 Å². The minimum atomic E-state index is -4.45. The van der Waals surface area contributed by atoms with Gasteiger partial charge in [0.25, 0.3) is 5.91 Å². The molecule has 2 aliphatic heterocycles. The molecule has 1 N–H and O–H groups in total. The number of anilines is 1. The van der Waals surface area contributed by atoms with Gasteiger partial charge in [0.2, 0.25) is 0 Å². The van der Waals surface area contributed by atoms with Gasteiger partial charge in [-0.1, -0.05) is 36.8 Å². The van der Waals surface area contributed by atoms with Crippen molar-refractivity contribution in [2.45, 2.75) is 51.4 Å². The lowest BCUT2D eigenvalue weighted by Crippen LogP contribution is -2.38. The zero-order chi connectivity index (χ0) is 20.8. The number of aromatic nitrogens is 2. The number of fused-ring (bicyclic) bond motifs is 1. The summed E-state index contributed by atoms with van der Waals surface area (Å²) in [5.41, 5.74) is 1.90. The first-order valence-electron chi connectivity index (χ1n) is 10.0. The number of likely N-dealkylation sites (tertiary alicyclic amines) is 1. The fourth-order valence-corrected chi connectivity index (χ4v) is 4.07. The van der Waals surface area contributed by atoms with Crippen LogP contribution in [0.1, 0.15) is 59.9 Å². The summed E-state index contributed by atoms with van der Waals surface area (Å²) in [6, 6.07) is 6.65. The second kappa shape index (κ2) is 7.39. The second-order valence-electron chi connectivity index (χ2n) is 8.23. The highest BCUT2D eigenvalue weighted by Crippen LogP contribution is 2.43. The van der Waals surface area contributed by atoms with Crippen molar-refractivity contribution in [3.05, 3.63) is 47.2 Å². The van der Waals surface area contributed by atoms with E-state index >= 15 is 0 Å². The Labute approximate surface area is 167 Å². The van der Waals surface area contributed by atoms with Gasteiger partial charge < -0.3 is 10.2 Å². The first-order valence-corrected chi connectivity index (χ1v) is 10.0. The lowest BCUT2D eigenvalue weighted by Gasteiger charge is -2.33. The minimum absolute atomic E-state index is 0.0702. The van der Waals surface area contributed by atoms with Crippen molar-refractivity contribution in [2.24, 2.45) is 5.92 Å². The molecule has 0 radical (unpaired) electrons. The third kappa shape index (κ3) is 3.97. The Kier molecular flexibility index (Phi) is 5.04. The Morgan fingerprint density at radius 2 is 1.83 bits per heavy atom. The van der Waals surface area contributed by atoms with E-state index in [1.165, 1.54) is 6.07 Å². The van der Waals surface area contributed by atoms with Crippen molar-refractivity contribution in [1.29, 1.82) is 0 Å². The molecular weight excluding hydrogens is 381 g/mol. The van der Waals surface area contributed by atoms with Gasteiger partial charge in [0.1, 0.15) is 5.82 Å². The van der Waals surface area contributed by atoms with E-state index in [4.69, 9.17) is 0 Å². The standard InChI is InChI=1S/C21H25F3N4O/c1-13-3-5-15(6-4-13)16-11-18(21(22,23)24)28-19(25-16)12-17(26-28)20(29)27-9-7-14(2)8-10-27/h3-6,12,14,16,18,25H,7-11H2,1-2H3. The second-order valence-corrected chi connectivity index (χ2v) is 8.23. The number of hydrogen-bond donors (Lipinski definition) is 1. The Hall–Kier alpha value is -2.51. The molecule has 4 rings (SSSR count). The SMILES string of the molecule is Cc1ccc(C2CC(C(F)(F)F)n3nc(C(=O)N4CCC(C)CC4)cc3N2)cc1. The highest BCUT2D eigenvalue weighted by atomic mass is 19.4. The van der Waals surface area contributed by atoms with E-state index in [1.807, 2.05) is 31.2 Å². The van der Waals surface area contributed by atoms with Gasteiger partial charge in [-0.25, -0.2) is 4.68 Å². The molecule has 1 aromatic carbocycles. The predicted octanol–water partition coefficient (Wildman–Crippen LogP) is 4.72. The van der Waals surface area contributed by atoms with E-state index in [0.29, 0.717) is 19.0 Å². The Morgan fingerprint density at radius 3 is 2.45 bits per heavy atom. The number of aryl methyl sites for hydroxylation is 1. The minimum Gasteiger partial charge on any atom is -0.363 e. The number of piperidine rings is 1. The van der Waals surface area contributed by atoms with Gasteiger partial charge in [-0.2, -0.15) is 18.3 Å². The highest BCUT2D eigenvalue weighted by Gasteiger charge is 2.47. The molecule has 2 unspecified atom stereocenters. The maximum Gasteiger partial charge on any atom is 0.410 e. The number of rotatable bonds is 2. The summed E-state index contributed by atoms with van der Waals surface area (Å²) < 4.78 is 42.3. The van der Waals surface area contributed by atoms with E-state index < -0.39 is 18.3 Å². The fourth-order valence-electron chi connectivity index (χ4n) is 4.07. The average Bonchev–Trinajstić information content (AvgIpc) is 3.11. The predicted molar refractivity (Wildman–Crippen MR) is 104 cm³/mol. The molecule has 1 saturated heterocycles. The van der Waals surface area contributed by atoms with Gasteiger partial charge in [0.15, 0.2) is 11.7 Å². The summed E-state index contributed by atoms with van der Waals surface area (Å²) in [5.74, 6) is 0.493. The molecule has 0 aliphatic carbocycles. The van der Waals surface area contributed by atoms with Gasteiger partial charge in [-0.05, 0) is 31.2 Å². The number of hydrogen-bond acceptors (Lipinski definition) is 3. The number of amides is 1. The zero-order valence-electron chi connectivity index (χ0n) is 16.5. The molecule has 0 spiro atoms. The fraction of sp³-hybridized carbons (Fsp3) is 0.524. The van der Waals surface area contributed by atoms with Crippen LogP contribution >= 0.6 is 0 Å². The van der Waals surface area contributed by atoms with Crippen molar-refractivity contribution in [1.82, 2.24) is 14.7 Å². The van der Waals surface area contributed by atoms with E-state index in [2.05, 4.69) is 17.3 Å².